The molecule has 25 heavy (non-hydrogen) atoms. The maximum Gasteiger partial charge on any atom is 0.0657 e. The monoisotopic (exact) mass is 373 g/mol. The van der Waals surface area contributed by atoms with Crippen LogP contribution in [0.15, 0.2) is 64.7 Å². The number of hydrazone groups is 1. The Morgan fingerprint density at radius 3 is 2.32 bits per heavy atom. The highest BCUT2D eigenvalue weighted by molar-refractivity contribution is 6.41. The summed E-state index contributed by atoms with van der Waals surface area (Å²) in [5.41, 5.74) is 2.36. The molecule has 0 unspecified atom stereocenters. The van der Waals surface area contributed by atoms with Gasteiger partial charge >= 0.3 is 0 Å². The van der Waals surface area contributed by atoms with Gasteiger partial charge in [-0.15, -0.1) is 0 Å². The van der Waals surface area contributed by atoms with E-state index < -0.39 is 0 Å². The van der Waals surface area contributed by atoms with Crippen molar-refractivity contribution in [3.63, 3.8) is 0 Å². The fourth-order valence-electron chi connectivity index (χ4n) is 2.74. The lowest BCUT2D eigenvalue weighted by Gasteiger charge is -2.33. The van der Waals surface area contributed by atoms with Crippen molar-refractivity contribution in [3.05, 3.63) is 75.8 Å². The summed E-state index contributed by atoms with van der Waals surface area (Å²) in [6.07, 6.45) is 3.64. The van der Waals surface area contributed by atoms with E-state index in [0.717, 1.165) is 43.3 Å². The summed E-state index contributed by atoms with van der Waals surface area (Å²) in [5, 5.41) is 7.98. The number of hydrogen-bond donors (Lipinski definition) is 0. The summed E-state index contributed by atoms with van der Waals surface area (Å²) >= 11 is 12.2. The first kappa shape index (κ1) is 18.0. The van der Waals surface area contributed by atoms with Gasteiger partial charge in [0.15, 0.2) is 0 Å². The van der Waals surface area contributed by atoms with Crippen molar-refractivity contribution < 1.29 is 0 Å². The van der Waals surface area contributed by atoms with E-state index in [9.17, 15) is 0 Å². The van der Waals surface area contributed by atoms with Crippen molar-refractivity contribution >= 4 is 35.5 Å². The van der Waals surface area contributed by atoms with Crippen molar-refractivity contribution in [2.75, 3.05) is 26.2 Å². The van der Waals surface area contributed by atoms with Crippen LogP contribution in [0.3, 0.4) is 0 Å². The first-order valence-electron chi connectivity index (χ1n) is 8.37. The van der Waals surface area contributed by atoms with E-state index in [1.165, 1.54) is 5.56 Å². The Labute approximate surface area is 159 Å². The standard InChI is InChI=1S/C20H21Cl2N3/c21-19-8-6-18(7-9-19)16-24-10-12-25(13-11-24)23-15-20(22)14-17-4-2-1-3-5-17/h1-9,14-15H,10-13,16H2/b20-14-,23-15+. The molecule has 2 aromatic rings. The number of rotatable bonds is 5. The SMILES string of the molecule is ClC(=C\c1ccccc1)/C=N/N1CCN(Cc2ccc(Cl)cc2)CC1. The van der Waals surface area contributed by atoms with Gasteiger partial charge in [0.25, 0.3) is 0 Å². The second-order valence-corrected chi connectivity index (χ2v) is 6.91. The third kappa shape index (κ3) is 5.89. The largest absolute Gasteiger partial charge is 0.295 e. The molecule has 0 saturated carbocycles. The maximum absolute atomic E-state index is 6.25. The Bertz CT molecular complexity index is 718. The van der Waals surface area contributed by atoms with E-state index in [1.54, 1.807) is 6.21 Å². The lowest BCUT2D eigenvalue weighted by molar-refractivity contribution is 0.131. The highest BCUT2D eigenvalue weighted by Gasteiger charge is 2.15. The number of benzene rings is 2. The van der Waals surface area contributed by atoms with Gasteiger partial charge in [-0.2, -0.15) is 5.10 Å². The third-order valence-corrected chi connectivity index (χ3v) is 4.58. The van der Waals surface area contributed by atoms with Crippen molar-refractivity contribution in [2.24, 2.45) is 5.10 Å². The molecule has 130 valence electrons. The van der Waals surface area contributed by atoms with Crippen molar-refractivity contribution in [3.8, 4) is 0 Å². The van der Waals surface area contributed by atoms with Gasteiger partial charge in [0.1, 0.15) is 0 Å². The number of hydrogen-bond acceptors (Lipinski definition) is 3. The smallest absolute Gasteiger partial charge is 0.0657 e. The molecule has 0 aromatic heterocycles. The van der Waals surface area contributed by atoms with Crippen LogP contribution in [-0.4, -0.2) is 42.3 Å². The van der Waals surface area contributed by atoms with Crippen molar-refractivity contribution in [2.45, 2.75) is 6.54 Å². The van der Waals surface area contributed by atoms with Crippen LogP contribution in [-0.2, 0) is 6.54 Å². The fraction of sp³-hybridized carbons (Fsp3) is 0.250. The predicted molar refractivity (Wildman–Crippen MR) is 107 cm³/mol. The maximum atomic E-state index is 6.25. The molecule has 0 spiro atoms. The molecule has 5 heteroatoms. The van der Waals surface area contributed by atoms with Gasteiger partial charge in [0.2, 0.25) is 0 Å². The molecule has 1 aliphatic rings. The van der Waals surface area contributed by atoms with Gasteiger partial charge in [0, 0.05) is 37.7 Å². The van der Waals surface area contributed by atoms with Gasteiger partial charge in [-0.25, -0.2) is 0 Å². The fourth-order valence-corrected chi connectivity index (χ4v) is 3.04. The molecule has 0 atom stereocenters. The molecule has 3 rings (SSSR count). The molecular weight excluding hydrogens is 353 g/mol. The van der Waals surface area contributed by atoms with Crippen molar-refractivity contribution in [1.29, 1.82) is 0 Å². The molecule has 1 saturated heterocycles. The van der Waals surface area contributed by atoms with Gasteiger partial charge in [0.05, 0.1) is 11.2 Å². The number of nitrogens with zero attached hydrogens (tertiary/aromatic N) is 3. The van der Waals surface area contributed by atoms with Gasteiger partial charge < -0.3 is 0 Å². The van der Waals surface area contributed by atoms with Crippen LogP contribution in [0.5, 0.6) is 0 Å². The predicted octanol–water partition coefficient (Wildman–Crippen LogP) is 4.72. The Hall–Kier alpha value is -1.81. The molecule has 1 aliphatic heterocycles. The molecule has 0 aliphatic carbocycles. The highest BCUT2D eigenvalue weighted by atomic mass is 35.5. The Morgan fingerprint density at radius 1 is 0.960 bits per heavy atom. The van der Waals surface area contributed by atoms with Crippen molar-refractivity contribution in [1.82, 2.24) is 9.91 Å². The molecule has 2 aromatic carbocycles. The van der Waals surface area contributed by atoms with Crippen LogP contribution in [0, 0.1) is 0 Å². The second kappa shape index (κ2) is 9.04. The van der Waals surface area contributed by atoms with E-state index in [0.29, 0.717) is 5.03 Å². The number of piperazine rings is 1. The lowest BCUT2D eigenvalue weighted by Crippen LogP contribution is -2.43. The summed E-state index contributed by atoms with van der Waals surface area (Å²) < 4.78 is 0. The van der Waals surface area contributed by atoms with Crippen LogP contribution in [0.2, 0.25) is 5.02 Å². The number of allylic oxidation sites excluding steroid dienone is 1. The average molecular weight is 374 g/mol. The van der Waals surface area contributed by atoms with E-state index in [-0.39, 0.29) is 0 Å². The van der Waals surface area contributed by atoms with Crippen LogP contribution in [0.25, 0.3) is 6.08 Å². The molecule has 0 radical (unpaired) electrons. The average Bonchev–Trinajstić information content (AvgIpc) is 2.64. The highest BCUT2D eigenvalue weighted by Crippen LogP contribution is 2.13. The zero-order valence-corrected chi connectivity index (χ0v) is 15.5. The molecule has 0 amide bonds. The first-order valence-corrected chi connectivity index (χ1v) is 9.12. The molecule has 0 bridgehead atoms. The van der Waals surface area contributed by atoms with Gasteiger partial charge in [-0.05, 0) is 29.3 Å². The number of halogens is 2. The van der Waals surface area contributed by atoms with E-state index in [4.69, 9.17) is 23.2 Å². The van der Waals surface area contributed by atoms with E-state index in [1.807, 2.05) is 48.5 Å². The summed E-state index contributed by atoms with van der Waals surface area (Å²) in [7, 11) is 0. The van der Waals surface area contributed by atoms with Crippen LogP contribution in [0.1, 0.15) is 11.1 Å². The minimum atomic E-state index is 0.634. The minimum Gasteiger partial charge on any atom is -0.295 e. The van der Waals surface area contributed by atoms with E-state index >= 15 is 0 Å². The van der Waals surface area contributed by atoms with Gasteiger partial charge in [-0.3, -0.25) is 9.91 Å². The third-order valence-electron chi connectivity index (χ3n) is 4.12. The van der Waals surface area contributed by atoms with E-state index in [2.05, 4.69) is 27.1 Å². The summed E-state index contributed by atoms with van der Waals surface area (Å²) in [6.45, 7) is 4.72. The molecule has 3 nitrogen and oxygen atoms in total. The normalized spacial score (nSPS) is 16.6. The van der Waals surface area contributed by atoms with Crippen LogP contribution >= 0.6 is 23.2 Å². The minimum absolute atomic E-state index is 0.634. The quantitative estimate of drug-likeness (QED) is 0.705. The summed E-state index contributed by atoms with van der Waals surface area (Å²) in [4.78, 5) is 2.43. The zero-order valence-electron chi connectivity index (χ0n) is 14.0. The molecule has 0 N–H and O–H groups in total. The molecular formula is C20H21Cl2N3. The van der Waals surface area contributed by atoms with Crippen LogP contribution < -0.4 is 0 Å². The molecule has 1 heterocycles. The Balaban J connectivity index is 1.47. The topological polar surface area (TPSA) is 18.8 Å². The Kier molecular flexibility index (Phi) is 6.51. The zero-order chi connectivity index (χ0) is 17.5. The second-order valence-electron chi connectivity index (χ2n) is 6.04. The van der Waals surface area contributed by atoms with Crippen LogP contribution in [0.4, 0.5) is 0 Å². The summed E-state index contributed by atoms with van der Waals surface area (Å²) in [6, 6.07) is 18.1. The summed E-state index contributed by atoms with van der Waals surface area (Å²) in [5.74, 6) is 0. The Morgan fingerprint density at radius 2 is 1.64 bits per heavy atom. The molecule has 1 fully saturated rings. The first-order chi connectivity index (χ1) is 12.2. The van der Waals surface area contributed by atoms with Gasteiger partial charge in [-0.1, -0.05) is 65.7 Å². The lowest BCUT2D eigenvalue weighted by atomic mass is 10.2.